The maximum absolute atomic E-state index is 5.49. The van der Waals surface area contributed by atoms with Gasteiger partial charge in [-0.1, -0.05) is 0 Å². The number of nitrogens with one attached hydrogen (secondary N) is 1. The van der Waals surface area contributed by atoms with Crippen LogP contribution in [-0.4, -0.2) is 11.5 Å². The summed E-state index contributed by atoms with van der Waals surface area (Å²) in [5.74, 6) is 2.03. The molecule has 0 atom stereocenters. The number of aromatic nitrogens is 1. The number of aryl methyl sites for hydroxylation is 2. The Hall–Kier alpha value is -1.13. The summed E-state index contributed by atoms with van der Waals surface area (Å²) in [6.45, 7) is 2.07. The van der Waals surface area contributed by atoms with E-state index in [-0.39, 0.29) is 0 Å². The van der Waals surface area contributed by atoms with E-state index in [1.165, 1.54) is 34.0 Å². The van der Waals surface area contributed by atoms with Gasteiger partial charge in [-0.2, -0.15) is 0 Å². The van der Waals surface area contributed by atoms with E-state index in [0.29, 0.717) is 0 Å². The van der Waals surface area contributed by atoms with Crippen LogP contribution in [0, 0.1) is 5.92 Å². The van der Waals surface area contributed by atoms with Gasteiger partial charge in [-0.05, 0) is 37.8 Å². The molecule has 2 heterocycles. The molecule has 2 aromatic heterocycles. The van der Waals surface area contributed by atoms with Crippen LogP contribution in [0.2, 0.25) is 0 Å². The van der Waals surface area contributed by atoms with Crippen molar-refractivity contribution < 1.29 is 4.42 Å². The van der Waals surface area contributed by atoms with Crippen molar-refractivity contribution in [3.8, 4) is 11.3 Å². The van der Waals surface area contributed by atoms with Gasteiger partial charge < -0.3 is 9.73 Å². The highest BCUT2D eigenvalue weighted by Gasteiger charge is 2.23. The van der Waals surface area contributed by atoms with Gasteiger partial charge in [-0.25, -0.2) is 4.98 Å². The third-order valence-electron chi connectivity index (χ3n) is 3.73. The Bertz CT molecular complexity index is 568. The van der Waals surface area contributed by atoms with Crippen molar-refractivity contribution in [1.82, 2.24) is 10.3 Å². The smallest absolute Gasteiger partial charge is 0.113 e. The summed E-state index contributed by atoms with van der Waals surface area (Å²) in [5, 5.41) is 4.73. The average molecular weight is 260 g/mol. The van der Waals surface area contributed by atoms with Crippen LogP contribution in [0.1, 0.15) is 28.5 Å². The molecule has 2 aromatic rings. The van der Waals surface area contributed by atoms with Crippen LogP contribution in [0.4, 0.5) is 0 Å². The van der Waals surface area contributed by atoms with E-state index < -0.39 is 0 Å². The van der Waals surface area contributed by atoms with Crippen LogP contribution in [0.3, 0.4) is 0 Å². The van der Waals surface area contributed by atoms with E-state index in [0.717, 1.165) is 37.6 Å². The Morgan fingerprint density at radius 2 is 2.33 bits per heavy atom. The van der Waals surface area contributed by atoms with Gasteiger partial charge >= 0.3 is 0 Å². The minimum Gasteiger partial charge on any atom is -0.469 e. The zero-order chi connectivity index (χ0) is 11.9. The predicted molar refractivity (Wildman–Crippen MR) is 71.7 cm³/mol. The highest BCUT2D eigenvalue weighted by molar-refractivity contribution is 7.12. The molecular weight excluding hydrogens is 244 g/mol. The molecule has 0 spiro atoms. The molecule has 0 radical (unpaired) electrons. The molecule has 0 saturated heterocycles. The lowest BCUT2D eigenvalue weighted by Crippen LogP contribution is -2.15. The maximum Gasteiger partial charge on any atom is 0.113 e. The van der Waals surface area contributed by atoms with Crippen LogP contribution in [-0.2, 0) is 19.4 Å². The number of nitrogens with zero attached hydrogens (tertiary/aromatic N) is 1. The van der Waals surface area contributed by atoms with Crippen molar-refractivity contribution in [2.75, 3.05) is 6.54 Å². The van der Waals surface area contributed by atoms with Crippen molar-refractivity contribution in [3.05, 3.63) is 28.0 Å². The lowest BCUT2D eigenvalue weighted by molar-refractivity contribution is 0.508. The van der Waals surface area contributed by atoms with Gasteiger partial charge in [0.2, 0.25) is 0 Å². The first-order valence-electron chi connectivity index (χ1n) is 6.66. The summed E-state index contributed by atoms with van der Waals surface area (Å²) in [6.07, 6.45) is 6.69. The summed E-state index contributed by atoms with van der Waals surface area (Å²) in [5.41, 5.74) is 2.37. The number of furan rings is 1. The number of hydrogen-bond acceptors (Lipinski definition) is 4. The summed E-state index contributed by atoms with van der Waals surface area (Å²) in [7, 11) is 0. The number of hydrogen-bond donors (Lipinski definition) is 1. The van der Waals surface area contributed by atoms with Crippen LogP contribution in [0.5, 0.6) is 0 Å². The van der Waals surface area contributed by atoms with Crippen LogP contribution < -0.4 is 5.32 Å². The Kier molecular flexibility index (Phi) is 2.52. The fourth-order valence-corrected chi connectivity index (χ4v) is 3.59. The van der Waals surface area contributed by atoms with Crippen LogP contribution in [0.15, 0.2) is 16.7 Å². The standard InChI is InChI=1S/C14H16N2OS/c1-2-9(1)7-15-8-13-16-14-10-5-6-17-11(10)3-4-12(14)18-13/h5-6,9,15H,1-4,7-8H2. The minimum atomic E-state index is 0.918. The number of thiazole rings is 1. The van der Waals surface area contributed by atoms with E-state index in [1.807, 2.05) is 11.3 Å². The van der Waals surface area contributed by atoms with Crippen molar-refractivity contribution in [2.45, 2.75) is 32.2 Å². The molecule has 1 N–H and O–H groups in total. The van der Waals surface area contributed by atoms with Gasteiger partial charge in [0.15, 0.2) is 0 Å². The zero-order valence-corrected chi connectivity index (χ0v) is 11.1. The third kappa shape index (κ3) is 1.89. The molecule has 4 rings (SSSR count). The lowest BCUT2D eigenvalue weighted by atomic mass is 10.0. The highest BCUT2D eigenvalue weighted by atomic mass is 32.1. The Morgan fingerprint density at radius 3 is 3.22 bits per heavy atom. The van der Waals surface area contributed by atoms with E-state index in [4.69, 9.17) is 9.40 Å². The van der Waals surface area contributed by atoms with Crippen LogP contribution in [0.25, 0.3) is 11.3 Å². The molecular formula is C14H16N2OS. The summed E-state index contributed by atoms with van der Waals surface area (Å²) < 4.78 is 5.49. The second kappa shape index (κ2) is 4.21. The Balaban J connectivity index is 1.53. The Labute approximate surface area is 110 Å². The van der Waals surface area contributed by atoms with E-state index >= 15 is 0 Å². The van der Waals surface area contributed by atoms with E-state index in [2.05, 4.69) is 11.4 Å². The van der Waals surface area contributed by atoms with Crippen molar-refractivity contribution in [2.24, 2.45) is 5.92 Å². The van der Waals surface area contributed by atoms with E-state index in [1.54, 1.807) is 6.26 Å². The fourth-order valence-electron chi connectivity index (χ4n) is 2.53. The molecule has 1 fully saturated rings. The van der Waals surface area contributed by atoms with Gasteiger partial charge in [0.25, 0.3) is 0 Å². The molecule has 4 heteroatoms. The molecule has 18 heavy (non-hydrogen) atoms. The molecule has 2 aliphatic carbocycles. The molecule has 0 unspecified atom stereocenters. The fraction of sp³-hybridized carbons (Fsp3) is 0.500. The summed E-state index contributed by atoms with van der Waals surface area (Å²) in [4.78, 5) is 6.20. The average Bonchev–Trinajstić information content (AvgIpc) is 2.91. The first-order chi connectivity index (χ1) is 8.90. The van der Waals surface area contributed by atoms with Crippen molar-refractivity contribution >= 4 is 11.3 Å². The Morgan fingerprint density at radius 1 is 1.39 bits per heavy atom. The second-order valence-corrected chi connectivity index (χ2v) is 6.38. The van der Waals surface area contributed by atoms with Gasteiger partial charge in [0.05, 0.1) is 12.0 Å². The zero-order valence-electron chi connectivity index (χ0n) is 10.2. The molecule has 3 nitrogen and oxygen atoms in total. The molecule has 1 saturated carbocycles. The molecule has 94 valence electrons. The normalized spacial score (nSPS) is 17.6. The molecule has 0 aliphatic heterocycles. The van der Waals surface area contributed by atoms with Crippen molar-refractivity contribution in [1.29, 1.82) is 0 Å². The SMILES string of the molecule is c1cc2c(o1)CCc1sc(CNCC3CC3)nc1-2. The molecule has 2 aliphatic rings. The minimum absolute atomic E-state index is 0.918. The van der Waals surface area contributed by atoms with Gasteiger partial charge in [-0.15, -0.1) is 11.3 Å². The quantitative estimate of drug-likeness (QED) is 0.918. The summed E-state index contributed by atoms with van der Waals surface area (Å²) >= 11 is 1.86. The topological polar surface area (TPSA) is 38.1 Å². The largest absolute Gasteiger partial charge is 0.469 e. The van der Waals surface area contributed by atoms with Crippen LogP contribution >= 0.6 is 11.3 Å². The number of fused-ring (bicyclic) bond motifs is 3. The molecule has 0 bridgehead atoms. The molecule has 0 amide bonds. The second-order valence-electron chi connectivity index (χ2n) is 5.21. The summed E-state index contributed by atoms with van der Waals surface area (Å²) in [6, 6.07) is 2.05. The lowest BCUT2D eigenvalue weighted by Gasteiger charge is -2.07. The first-order valence-corrected chi connectivity index (χ1v) is 7.48. The van der Waals surface area contributed by atoms with Gasteiger partial charge in [-0.3, -0.25) is 0 Å². The first kappa shape index (κ1) is 10.8. The maximum atomic E-state index is 5.49. The van der Waals surface area contributed by atoms with Gasteiger partial charge in [0, 0.05) is 23.4 Å². The molecule has 0 aromatic carbocycles. The number of rotatable bonds is 4. The van der Waals surface area contributed by atoms with E-state index in [9.17, 15) is 0 Å². The predicted octanol–water partition coefficient (Wildman–Crippen LogP) is 3.00. The monoisotopic (exact) mass is 260 g/mol. The highest BCUT2D eigenvalue weighted by Crippen LogP contribution is 2.36. The third-order valence-corrected chi connectivity index (χ3v) is 4.84. The van der Waals surface area contributed by atoms with Gasteiger partial charge in [0.1, 0.15) is 10.8 Å². The van der Waals surface area contributed by atoms with Crippen molar-refractivity contribution in [3.63, 3.8) is 0 Å².